The summed E-state index contributed by atoms with van der Waals surface area (Å²) < 4.78 is 7.20. The van der Waals surface area contributed by atoms with Crippen molar-refractivity contribution in [2.24, 2.45) is 11.1 Å². The topological polar surface area (TPSA) is 177 Å². The number of para-hydroxylation sites is 1. The van der Waals surface area contributed by atoms with Crippen LogP contribution in [0.3, 0.4) is 0 Å². The summed E-state index contributed by atoms with van der Waals surface area (Å²) in [5.41, 5.74) is 0.0187. The average molecular weight is 648 g/mol. The smallest absolute Gasteiger partial charge is 0.408 e. The lowest BCUT2D eigenvalue weighted by Gasteiger charge is -2.29. The number of nitrogens with one attached hydrogen (secondary N) is 2. The molecule has 2 aromatic rings. The van der Waals surface area contributed by atoms with Crippen LogP contribution in [0.4, 0.5) is 4.79 Å². The minimum absolute atomic E-state index is 0.0260. The van der Waals surface area contributed by atoms with E-state index in [2.05, 4.69) is 25.9 Å². The van der Waals surface area contributed by atoms with Gasteiger partial charge in [0.15, 0.2) is 0 Å². The Hall–Kier alpha value is -4.75. The number of alkyl carbamates (subject to hydrolysis) is 1. The second-order valence-electron chi connectivity index (χ2n) is 12.8. The third kappa shape index (κ3) is 7.47. The Labute approximate surface area is 272 Å². The normalized spacial score (nSPS) is 29.2. The summed E-state index contributed by atoms with van der Waals surface area (Å²) in [5.74, 6) is -2.46. The molecule has 0 spiro atoms. The van der Waals surface area contributed by atoms with Crippen LogP contribution in [0.5, 0.6) is 0 Å². The number of allylic oxidation sites excluding steroid dienone is 1. The number of carbonyl (C=O) groups is 4. The van der Waals surface area contributed by atoms with Gasteiger partial charge in [-0.1, -0.05) is 48.3 Å². The first kappa shape index (κ1) is 32.2. The second-order valence-corrected chi connectivity index (χ2v) is 12.8. The number of benzene rings is 1. The minimum Gasteiger partial charge on any atom is -0.479 e. The van der Waals surface area contributed by atoms with Gasteiger partial charge >= 0.3 is 12.1 Å². The molecule has 2 aliphatic carbocycles. The third-order valence-corrected chi connectivity index (χ3v) is 9.49. The summed E-state index contributed by atoms with van der Waals surface area (Å²) in [5, 5.41) is 24.0. The van der Waals surface area contributed by atoms with Crippen LogP contribution in [-0.4, -0.2) is 91.2 Å². The molecule has 0 radical (unpaired) electrons. The summed E-state index contributed by atoms with van der Waals surface area (Å²) in [6.45, 7) is 0.0260. The fraction of sp³-hybridized carbons (Fsp3) is 0.545. The lowest BCUT2D eigenvalue weighted by Crippen LogP contribution is -2.56. The molecule has 3 N–H and O–H groups in total. The van der Waals surface area contributed by atoms with Crippen LogP contribution in [-0.2, 0) is 24.0 Å². The van der Waals surface area contributed by atoms with Crippen LogP contribution in [0.15, 0.2) is 54.2 Å². The highest BCUT2D eigenvalue weighted by atomic mass is 16.6. The third-order valence-electron chi connectivity index (χ3n) is 9.49. The molecule has 14 heteroatoms. The molecular formula is C33H41N7O7. The van der Waals surface area contributed by atoms with Gasteiger partial charge in [-0.3, -0.25) is 9.59 Å². The molecule has 2 saturated carbocycles. The minimum atomic E-state index is -1.42. The van der Waals surface area contributed by atoms with E-state index in [1.54, 1.807) is 11.0 Å². The first-order chi connectivity index (χ1) is 22.8. The summed E-state index contributed by atoms with van der Waals surface area (Å²) in [6, 6.07) is 5.47. The number of amides is 3. The molecule has 3 heterocycles. The van der Waals surface area contributed by atoms with Crippen molar-refractivity contribution in [1.29, 1.82) is 0 Å². The number of aliphatic carboxylic acids is 1. The molecule has 3 fully saturated rings. The van der Waals surface area contributed by atoms with Crippen LogP contribution < -0.4 is 10.6 Å². The van der Waals surface area contributed by atoms with Gasteiger partial charge in [0.2, 0.25) is 11.8 Å². The Kier molecular flexibility index (Phi) is 9.83. The molecule has 1 saturated heterocycles. The van der Waals surface area contributed by atoms with Gasteiger partial charge in [-0.05, 0) is 57.4 Å². The zero-order valence-corrected chi connectivity index (χ0v) is 26.2. The number of aromatic nitrogens is 3. The molecule has 5 atom stereocenters. The van der Waals surface area contributed by atoms with Crippen molar-refractivity contribution in [3.8, 4) is 5.69 Å². The van der Waals surface area contributed by atoms with Crippen molar-refractivity contribution in [1.82, 2.24) is 30.3 Å². The van der Waals surface area contributed by atoms with Crippen molar-refractivity contribution < 1.29 is 33.9 Å². The number of nitrogens with zero attached hydrogens (tertiary/aromatic N) is 5. The first-order valence-electron chi connectivity index (χ1n) is 16.5. The average Bonchev–Trinajstić information content (AvgIpc) is 3.55. The fourth-order valence-electron chi connectivity index (χ4n) is 6.78. The van der Waals surface area contributed by atoms with Crippen LogP contribution >= 0.6 is 0 Å². The standard InChI is InChI=1S/C33H41N7O7/c41-29-28-16-25(47-36-18-22-10-6-9-15-27(22)40-21-34-20-35-40)19-39(28)30(42)26(37-32(45)46-24-12-7-8-13-24)14-5-3-1-2-4-11-23-17-33(23,38-29)31(43)44/h4,6,9-11,15,18,20-21,23-26,28H,1-3,5,7-8,12-14,16-17,19H2,(H,37,45)(H,38,41)(H,43,44)/b11-4-,36-18+/t23?,25-,26+,28+,33-/m1/s1. The van der Waals surface area contributed by atoms with E-state index in [0.29, 0.717) is 18.4 Å². The maximum atomic E-state index is 14.1. The molecule has 2 aliphatic heterocycles. The molecule has 4 aliphatic rings. The van der Waals surface area contributed by atoms with E-state index in [1.165, 1.54) is 17.4 Å². The van der Waals surface area contributed by atoms with Crippen molar-refractivity contribution in [3.63, 3.8) is 0 Å². The molecule has 1 unspecified atom stereocenters. The van der Waals surface area contributed by atoms with E-state index >= 15 is 0 Å². The number of hydrogen-bond acceptors (Lipinski definition) is 9. The van der Waals surface area contributed by atoms with E-state index in [0.717, 1.165) is 50.6 Å². The lowest BCUT2D eigenvalue weighted by atomic mass is 10.0. The van der Waals surface area contributed by atoms with E-state index in [-0.39, 0.29) is 31.4 Å². The van der Waals surface area contributed by atoms with Gasteiger partial charge < -0.3 is 30.2 Å². The zero-order valence-electron chi connectivity index (χ0n) is 26.2. The first-order valence-corrected chi connectivity index (χ1v) is 16.5. The Bertz CT molecular complexity index is 1510. The number of carboxylic acid groups (broad SMARTS) is 1. The van der Waals surface area contributed by atoms with Gasteiger partial charge in [-0.2, -0.15) is 5.10 Å². The largest absolute Gasteiger partial charge is 0.479 e. The van der Waals surface area contributed by atoms with E-state index in [1.807, 2.05) is 36.4 Å². The Morgan fingerprint density at radius 1 is 1.09 bits per heavy atom. The second kappa shape index (κ2) is 14.3. The number of carbonyl (C=O) groups excluding carboxylic acids is 3. The van der Waals surface area contributed by atoms with Crippen molar-refractivity contribution >= 4 is 30.1 Å². The summed E-state index contributed by atoms with van der Waals surface area (Å²) in [7, 11) is 0. The lowest BCUT2D eigenvalue weighted by molar-refractivity contribution is -0.145. The molecular weight excluding hydrogens is 606 g/mol. The number of rotatable bonds is 7. The van der Waals surface area contributed by atoms with Gasteiger partial charge in [-0.15, -0.1) is 0 Å². The fourth-order valence-corrected chi connectivity index (χ4v) is 6.78. The van der Waals surface area contributed by atoms with Crippen LogP contribution in [0, 0.1) is 5.92 Å². The number of ether oxygens (including phenoxy) is 1. The van der Waals surface area contributed by atoms with Crippen LogP contribution in [0.1, 0.15) is 76.2 Å². The number of hydrogen-bond donors (Lipinski definition) is 3. The van der Waals surface area contributed by atoms with E-state index in [4.69, 9.17) is 9.57 Å². The SMILES string of the molecule is O=C(N[C@H]1CCCCC/C=C\C2C[C@@]2(C(=O)O)NC(=O)[C@@H]2C[C@@H](O/N=C/c3ccccc3-n3cncn3)CN2C1=O)OC1CCCC1. The predicted octanol–water partition coefficient (Wildman–Crippen LogP) is 3.10. The monoisotopic (exact) mass is 647 g/mol. The summed E-state index contributed by atoms with van der Waals surface area (Å²) >= 11 is 0. The van der Waals surface area contributed by atoms with Crippen molar-refractivity contribution in [2.45, 2.75) is 100 Å². The predicted molar refractivity (Wildman–Crippen MR) is 168 cm³/mol. The molecule has 14 nitrogen and oxygen atoms in total. The summed E-state index contributed by atoms with van der Waals surface area (Å²) in [6.07, 6.45) is 14.3. The highest BCUT2D eigenvalue weighted by Gasteiger charge is 2.61. The highest BCUT2D eigenvalue weighted by molar-refractivity contribution is 5.96. The van der Waals surface area contributed by atoms with Gasteiger partial charge in [0, 0.05) is 17.9 Å². The Balaban J connectivity index is 1.22. The number of carboxylic acids is 1. The molecule has 6 rings (SSSR count). The van der Waals surface area contributed by atoms with Crippen molar-refractivity contribution in [2.75, 3.05) is 6.54 Å². The van der Waals surface area contributed by atoms with E-state index < -0.39 is 47.6 Å². The maximum absolute atomic E-state index is 14.1. The molecule has 1 aromatic heterocycles. The van der Waals surface area contributed by atoms with Gasteiger partial charge in [0.05, 0.1) is 18.4 Å². The highest BCUT2D eigenvalue weighted by Crippen LogP contribution is 2.45. The summed E-state index contributed by atoms with van der Waals surface area (Å²) in [4.78, 5) is 64.4. The number of fused-ring (bicyclic) bond motifs is 2. The molecule has 250 valence electrons. The Morgan fingerprint density at radius 2 is 1.89 bits per heavy atom. The molecule has 0 bridgehead atoms. The molecule has 3 amide bonds. The van der Waals surface area contributed by atoms with Gasteiger partial charge in [0.25, 0.3) is 0 Å². The Morgan fingerprint density at radius 3 is 2.68 bits per heavy atom. The van der Waals surface area contributed by atoms with Crippen LogP contribution in [0.2, 0.25) is 0 Å². The molecule has 1 aromatic carbocycles. The number of oxime groups is 1. The quantitative estimate of drug-likeness (QED) is 0.231. The van der Waals surface area contributed by atoms with Crippen LogP contribution in [0.25, 0.3) is 5.69 Å². The van der Waals surface area contributed by atoms with Crippen molar-refractivity contribution in [3.05, 3.63) is 54.6 Å². The zero-order chi connectivity index (χ0) is 32.8. The molecule has 47 heavy (non-hydrogen) atoms. The van der Waals surface area contributed by atoms with Gasteiger partial charge in [0.1, 0.15) is 42.5 Å². The van der Waals surface area contributed by atoms with E-state index in [9.17, 15) is 24.3 Å². The van der Waals surface area contributed by atoms with Gasteiger partial charge in [-0.25, -0.2) is 19.3 Å². The maximum Gasteiger partial charge on any atom is 0.408 e.